The van der Waals surface area contributed by atoms with Gasteiger partial charge in [0.05, 0.1) is 0 Å². The Labute approximate surface area is 254 Å². The molecule has 0 saturated carbocycles. The summed E-state index contributed by atoms with van der Waals surface area (Å²) in [7, 11) is 0. The van der Waals surface area contributed by atoms with Gasteiger partial charge in [-0.3, -0.25) is 19.0 Å². The van der Waals surface area contributed by atoms with Crippen LogP contribution in [0.3, 0.4) is 0 Å². The Morgan fingerprint density at radius 1 is 0.956 bits per heavy atom. The van der Waals surface area contributed by atoms with Crippen LogP contribution in [0.25, 0.3) is 5.69 Å². The fourth-order valence-corrected chi connectivity index (χ4v) is 4.42. The predicted molar refractivity (Wildman–Crippen MR) is 158 cm³/mol. The fourth-order valence-electron chi connectivity index (χ4n) is 4.42. The van der Waals surface area contributed by atoms with Gasteiger partial charge in [0, 0.05) is 68.0 Å². The topological polar surface area (TPSA) is 160 Å². The van der Waals surface area contributed by atoms with E-state index in [9.17, 15) is 23.6 Å². The zero-order valence-corrected chi connectivity index (χ0v) is 23.4. The van der Waals surface area contributed by atoms with Gasteiger partial charge in [-0.2, -0.15) is 0 Å². The van der Waals surface area contributed by atoms with Gasteiger partial charge in [0.15, 0.2) is 11.6 Å². The van der Waals surface area contributed by atoms with Crippen LogP contribution in [0.15, 0.2) is 77.9 Å². The van der Waals surface area contributed by atoms with Crippen molar-refractivity contribution in [2.45, 2.75) is 0 Å². The molecular weight excluding hydrogens is 590 g/mol. The first kappa shape index (κ1) is 30.2. The van der Waals surface area contributed by atoms with Gasteiger partial charge in [-0.15, -0.1) is 0 Å². The molecule has 1 aliphatic rings. The molecule has 0 spiro atoms. The standard InChI is InChI=1S/C31H24F2N6O6/c32-19-3-6-21(7-4-19)39-13-1-2-23(30(39)42)29(41)36-20-5-9-26(24(33)18-20)45-25-11-12-35-28(34)22(25)8-10-27(40)37-14-16-38(17-15-37)31(43)44/h1-7,9,11-13,18H,14-17H2,(H2,34,35)(H,36,41)(H,43,44). The van der Waals surface area contributed by atoms with Crippen molar-refractivity contribution >= 4 is 29.4 Å². The number of aromatic nitrogens is 2. The van der Waals surface area contributed by atoms with Crippen LogP contribution >= 0.6 is 0 Å². The highest BCUT2D eigenvalue weighted by Gasteiger charge is 2.23. The molecule has 228 valence electrons. The van der Waals surface area contributed by atoms with Crippen LogP contribution in [0.5, 0.6) is 11.5 Å². The Kier molecular flexibility index (Phi) is 8.71. The second-order valence-electron chi connectivity index (χ2n) is 9.66. The molecule has 0 bridgehead atoms. The van der Waals surface area contributed by atoms with E-state index in [-0.39, 0.29) is 60.3 Å². The number of nitrogens with zero attached hydrogens (tertiary/aromatic N) is 4. The summed E-state index contributed by atoms with van der Waals surface area (Å²) in [6.45, 7) is 0.658. The number of benzene rings is 2. The number of nitrogens with one attached hydrogen (secondary N) is 1. The largest absolute Gasteiger partial charge is 0.465 e. The van der Waals surface area contributed by atoms with E-state index in [0.717, 1.165) is 6.07 Å². The first-order chi connectivity index (χ1) is 21.6. The Balaban J connectivity index is 1.30. The first-order valence-electron chi connectivity index (χ1n) is 13.4. The van der Waals surface area contributed by atoms with Gasteiger partial charge in [-0.25, -0.2) is 18.6 Å². The van der Waals surface area contributed by atoms with Gasteiger partial charge >= 0.3 is 6.09 Å². The number of amides is 3. The van der Waals surface area contributed by atoms with Crippen molar-refractivity contribution in [3.63, 3.8) is 0 Å². The van der Waals surface area contributed by atoms with Gasteiger partial charge in [-0.05, 0) is 54.5 Å². The minimum absolute atomic E-state index is 0.0137. The molecule has 3 amide bonds. The van der Waals surface area contributed by atoms with Crippen molar-refractivity contribution in [3.05, 3.63) is 106 Å². The summed E-state index contributed by atoms with van der Waals surface area (Å²) in [4.78, 5) is 56.1. The summed E-state index contributed by atoms with van der Waals surface area (Å²) in [6.07, 6.45) is 1.68. The minimum Gasteiger partial charge on any atom is -0.465 e. The maximum atomic E-state index is 15.1. The van der Waals surface area contributed by atoms with E-state index in [1.54, 1.807) is 0 Å². The number of carboxylic acid groups (broad SMARTS) is 1. The summed E-state index contributed by atoms with van der Waals surface area (Å²) >= 11 is 0. The van der Waals surface area contributed by atoms with Crippen LogP contribution in [0.1, 0.15) is 15.9 Å². The first-order valence-corrected chi connectivity index (χ1v) is 13.4. The number of carbonyl (C=O) groups is 3. The van der Waals surface area contributed by atoms with Gasteiger partial charge in [0.2, 0.25) is 0 Å². The number of rotatable bonds is 5. The summed E-state index contributed by atoms with van der Waals surface area (Å²) < 4.78 is 35.3. The quantitative estimate of drug-likeness (QED) is 0.289. The molecule has 0 radical (unpaired) electrons. The highest BCUT2D eigenvalue weighted by Crippen LogP contribution is 2.30. The zero-order valence-electron chi connectivity index (χ0n) is 23.4. The highest BCUT2D eigenvalue weighted by atomic mass is 19.1. The summed E-state index contributed by atoms with van der Waals surface area (Å²) in [6, 6.07) is 12.9. The van der Waals surface area contributed by atoms with Gasteiger partial charge < -0.3 is 30.7 Å². The highest BCUT2D eigenvalue weighted by molar-refractivity contribution is 6.04. The second-order valence-corrected chi connectivity index (χ2v) is 9.66. The number of nitrogen functional groups attached to an aromatic ring is 1. The van der Waals surface area contributed by atoms with Crippen molar-refractivity contribution in [1.82, 2.24) is 19.4 Å². The minimum atomic E-state index is -1.07. The average molecular weight is 615 g/mol. The maximum Gasteiger partial charge on any atom is 0.407 e. The van der Waals surface area contributed by atoms with Crippen molar-refractivity contribution < 1.29 is 33.0 Å². The number of hydrogen-bond acceptors (Lipinski definition) is 7. The van der Waals surface area contributed by atoms with Crippen LogP contribution in [0, 0.1) is 23.5 Å². The summed E-state index contributed by atoms with van der Waals surface area (Å²) in [5, 5.41) is 11.5. The summed E-state index contributed by atoms with van der Waals surface area (Å²) in [5.74, 6) is 2.06. The molecule has 1 saturated heterocycles. The Hall–Kier alpha value is -6.23. The van der Waals surface area contributed by atoms with Crippen molar-refractivity contribution in [2.75, 3.05) is 37.2 Å². The average Bonchev–Trinajstić information content (AvgIpc) is 3.02. The van der Waals surface area contributed by atoms with E-state index in [1.165, 1.54) is 81.4 Å². The number of anilines is 2. The van der Waals surface area contributed by atoms with E-state index in [1.807, 2.05) is 0 Å². The lowest BCUT2D eigenvalue weighted by Gasteiger charge is -2.31. The molecule has 45 heavy (non-hydrogen) atoms. The molecule has 4 aromatic rings. The lowest BCUT2D eigenvalue weighted by Crippen LogP contribution is -2.49. The third-order valence-corrected chi connectivity index (χ3v) is 6.78. The summed E-state index contributed by atoms with van der Waals surface area (Å²) in [5.41, 5.74) is 5.49. The Morgan fingerprint density at radius 3 is 2.36 bits per heavy atom. The fraction of sp³-hybridized carbons (Fsp3) is 0.129. The van der Waals surface area contributed by atoms with E-state index in [0.29, 0.717) is 5.69 Å². The monoisotopic (exact) mass is 614 g/mol. The molecule has 0 atom stereocenters. The molecule has 14 heteroatoms. The zero-order chi connectivity index (χ0) is 32.1. The van der Waals surface area contributed by atoms with Gasteiger partial charge in [0.25, 0.3) is 17.4 Å². The SMILES string of the molecule is Nc1nccc(Oc2ccc(NC(=O)c3cccn(-c4ccc(F)cc4)c3=O)cc2F)c1C#CC(=O)N1CCN(C(=O)O)CC1. The van der Waals surface area contributed by atoms with E-state index < -0.39 is 35.1 Å². The molecule has 2 aromatic carbocycles. The second kappa shape index (κ2) is 13.0. The van der Waals surface area contributed by atoms with Crippen molar-refractivity contribution in [2.24, 2.45) is 0 Å². The number of pyridine rings is 2. The number of halogens is 2. The smallest absolute Gasteiger partial charge is 0.407 e. The van der Waals surface area contributed by atoms with Crippen LogP contribution in [-0.2, 0) is 4.79 Å². The predicted octanol–water partition coefficient (Wildman–Crippen LogP) is 3.31. The van der Waals surface area contributed by atoms with E-state index in [2.05, 4.69) is 22.1 Å². The number of carbonyl (C=O) groups excluding carboxylic acids is 2. The van der Waals surface area contributed by atoms with Crippen LogP contribution in [0.2, 0.25) is 0 Å². The van der Waals surface area contributed by atoms with E-state index in [4.69, 9.17) is 15.6 Å². The lowest BCUT2D eigenvalue weighted by molar-refractivity contribution is -0.126. The Morgan fingerprint density at radius 2 is 1.67 bits per heavy atom. The molecule has 0 aliphatic carbocycles. The number of piperazine rings is 1. The molecule has 1 aliphatic heterocycles. The van der Waals surface area contributed by atoms with E-state index >= 15 is 4.39 Å². The molecule has 3 heterocycles. The molecule has 5 rings (SSSR count). The van der Waals surface area contributed by atoms with Gasteiger partial charge in [-0.1, -0.05) is 0 Å². The Bertz CT molecular complexity index is 1910. The number of nitrogens with two attached hydrogens (primary N) is 1. The molecule has 1 fully saturated rings. The number of ether oxygens (including phenoxy) is 1. The van der Waals surface area contributed by atoms with Crippen molar-refractivity contribution in [1.29, 1.82) is 0 Å². The van der Waals surface area contributed by atoms with Crippen LogP contribution in [-0.4, -0.2) is 68.5 Å². The molecule has 4 N–H and O–H groups in total. The molecule has 12 nitrogen and oxygen atoms in total. The van der Waals surface area contributed by atoms with Crippen LogP contribution < -0.4 is 21.3 Å². The van der Waals surface area contributed by atoms with Crippen LogP contribution in [0.4, 0.5) is 25.1 Å². The maximum absolute atomic E-state index is 15.1. The van der Waals surface area contributed by atoms with Crippen molar-refractivity contribution in [3.8, 4) is 29.0 Å². The third kappa shape index (κ3) is 6.89. The normalized spacial score (nSPS) is 12.6. The third-order valence-electron chi connectivity index (χ3n) is 6.78. The lowest BCUT2D eigenvalue weighted by atomic mass is 10.2. The number of hydrogen-bond donors (Lipinski definition) is 3. The molecule has 0 unspecified atom stereocenters. The molecule has 2 aromatic heterocycles. The molecular formula is C31H24F2N6O6. The van der Waals surface area contributed by atoms with Gasteiger partial charge in [0.1, 0.15) is 28.5 Å².